The Bertz CT molecular complexity index is 986. The fourth-order valence-corrected chi connectivity index (χ4v) is 4.21. The Morgan fingerprint density at radius 3 is 2.71 bits per heavy atom. The van der Waals surface area contributed by atoms with Gasteiger partial charge in [-0.15, -0.1) is 22.7 Å². The number of thiophene rings is 1. The molecule has 0 radical (unpaired) electrons. The van der Waals surface area contributed by atoms with Gasteiger partial charge in [0.05, 0.1) is 30.5 Å². The van der Waals surface area contributed by atoms with Crippen LogP contribution in [-0.4, -0.2) is 31.2 Å². The highest BCUT2D eigenvalue weighted by Crippen LogP contribution is 2.28. The molecule has 3 rings (SSSR count). The fraction of sp³-hybridized carbons (Fsp3) is 0.333. The van der Waals surface area contributed by atoms with Crippen LogP contribution in [0.4, 0.5) is 0 Å². The number of benzene rings is 1. The van der Waals surface area contributed by atoms with Crippen LogP contribution in [0.2, 0.25) is 0 Å². The van der Waals surface area contributed by atoms with Crippen LogP contribution in [0.15, 0.2) is 51.2 Å². The maximum Gasteiger partial charge on any atom is 0.206 e. The molecule has 2 aromatic heterocycles. The van der Waals surface area contributed by atoms with Crippen LogP contribution in [0, 0.1) is 5.92 Å². The van der Waals surface area contributed by atoms with Gasteiger partial charge in [-0.05, 0) is 48.1 Å². The molecule has 1 aromatic carbocycles. The van der Waals surface area contributed by atoms with Crippen molar-refractivity contribution >= 4 is 28.9 Å². The number of aromatic nitrogens is 1. The Kier molecular flexibility index (Phi) is 7.06. The van der Waals surface area contributed by atoms with Crippen LogP contribution in [-0.2, 0) is 0 Å². The standard InChI is InChI=1S/C21H25N3O2S2/c1-5-22-21-24(17(14-28-21)20-7-6-10-27-20)23-12-16-8-9-18(19(11-16)25-4)26-13-15(2)3/h6-12,14-15H,5,13H2,1-4H3. The number of hydrogen-bond donors (Lipinski definition) is 0. The number of rotatable bonds is 8. The second kappa shape index (κ2) is 9.71. The van der Waals surface area contributed by atoms with Crippen molar-refractivity contribution in [2.24, 2.45) is 16.0 Å². The van der Waals surface area contributed by atoms with Gasteiger partial charge in [0, 0.05) is 11.9 Å². The minimum Gasteiger partial charge on any atom is -0.493 e. The van der Waals surface area contributed by atoms with E-state index < -0.39 is 0 Å². The third-order valence-electron chi connectivity index (χ3n) is 3.83. The molecule has 0 spiro atoms. The Hall–Kier alpha value is -2.38. The molecule has 5 nitrogen and oxygen atoms in total. The van der Waals surface area contributed by atoms with Crippen molar-refractivity contribution in [2.45, 2.75) is 20.8 Å². The van der Waals surface area contributed by atoms with Gasteiger partial charge < -0.3 is 9.47 Å². The maximum absolute atomic E-state index is 5.83. The first-order chi connectivity index (χ1) is 13.6. The van der Waals surface area contributed by atoms with E-state index in [1.54, 1.807) is 29.8 Å². The van der Waals surface area contributed by atoms with Gasteiger partial charge in [0.15, 0.2) is 11.5 Å². The van der Waals surface area contributed by atoms with Crippen LogP contribution < -0.4 is 14.3 Å². The van der Waals surface area contributed by atoms with E-state index in [0.717, 1.165) is 28.4 Å². The molecule has 0 aliphatic heterocycles. The summed E-state index contributed by atoms with van der Waals surface area (Å²) in [6.07, 6.45) is 1.83. The molecule has 0 unspecified atom stereocenters. The normalized spacial score (nSPS) is 12.2. The van der Waals surface area contributed by atoms with E-state index in [1.165, 1.54) is 4.88 Å². The van der Waals surface area contributed by atoms with E-state index in [-0.39, 0.29) is 0 Å². The molecule has 0 aliphatic carbocycles. The third kappa shape index (κ3) is 4.91. The summed E-state index contributed by atoms with van der Waals surface area (Å²) >= 11 is 3.29. The van der Waals surface area contributed by atoms with E-state index in [0.29, 0.717) is 18.3 Å². The quantitative estimate of drug-likeness (QED) is 0.479. The first kappa shape index (κ1) is 20.4. The van der Waals surface area contributed by atoms with Gasteiger partial charge in [-0.3, -0.25) is 4.99 Å². The lowest BCUT2D eigenvalue weighted by atomic mass is 10.2. The number of hydrogen-bond acceptors (Lipinski definition) is 6. The van der Waals surface area contributed by atoms with Crippen LogP contribution >= 0.6 is 22.7 Å². The van der Waals surface area contributed by atoms with Crippen molar-refractivity contribution in [2.75, 3.05) is 20.3 Å². The van der Waals surface area contributed by atoms with E-state index in [4.69, 9.17) is 14.6 Å². The number of ether oxygens (including phenoxy) is 2. The second-order valence-electron chi connectivity index (χ2n) is 6.53. The van der Waals surface area contributed by atoms with E-state index in [2.05, 4.69) is 35.7 Å². The highest BCUT2D eigenvalue weighted by Gasteiger charge is 2.09. The molecule has 0 atom stereocenters. The molecule has 0 bridgehead atoms. The van der Waals surface area contributed by atoms with Crippen molar-refractivity contribution < 1.29 is 9.47 Å². The molecule has 0 saturated carbocycles. The van der Waals surface area contributed by atoms with Crippen molar-refractivity contribution in [1.82, 2.24) is 4.68 Å². The number of methoxy groups -OCH3 is 1. The van der Waals surface area contributed by atoms with Gasteiger partial charge in [-0.25, -0.2) is 4.68 Å². The Balaban J connectivity index is 1.91. The lowest BCUT2D eigenvalue weighted by molar-refractivity contribution is 0.257. The molecule has 0 N–H and O–H groups in total. The summed E-state index contributed by atoms with van der Waals surface area (Å²) in [7, 11) is 1.65. The Morgan fingerprint density at radius 1 is 1.18 bits per heavy atom. The number of thiazole rings is 1. The van der Waals surface area contributed by atoms with Crippen molar-refractivity contribution in [3.05, 3.63) is 51.5 Å². The summed E-state index contributed by atoms with van der Waals surface area (Å²) in [5.74, 6) is 1.91. The van der Waals surface area contributed by atoms with E-state index >= 15 is 0 Å². The predicted molar refractivity (Wildman–Crippen MR) is 118 cm³/mol. The zero-order valence-electron chi connectivity index (χ0n) is 16.6. The van der Waals surface area contributed by atoms with Crippen LogP contribution in [0.3, 0.4) is 0 Å². The van der Waals surface area contributed by atoms with Crippen LogP contribution in [0.5, 0.6) is 11.5 Å². The van der Waals surface area contributed by atoms with Crippen molar-refractivity contribution in [3.8, 4) is 22.1 Å². The Morgan fingerprint density at radius 2 is 2.04 bits per heavy atom. The average Bonchev–Trinajstić information content (AvgIpc) is 3.35. The molecule has 0 amide bonds. The largest absolute Gasteiger partial charge is 0.493 e. The Labute approximate surface area is 173 Å². The molecule has 28 heavy (non-hydrogen) atoms. The first-order valence-electron chi connectivity index (χ1n) is 9.22. The van der Waals surface area contributed by atoms with E-state index in [9.17, 15) is 0 Å². The zero-order chi connectivity index (χ0) is 19.9. The summed E-state index contributed by atoms with van der Waals surface area (Å²) in [4.78, 5) is 6.61. The van der Waals surface area contributed by atoms with Gasteiger partial charge in [-0.2, -0.15) is 5.10 Å². The topological polar surface area (TPSA) is 48.1 Å². The molecule has 7 heteroatoms. The number of nitrogens with zero attached hydrogens (tertiary/aromatic N) is 3. The molecular formula is C21H25N3O2S2. The van der Waals surface area contributed by atoms with Crippen LogP contribution in [0.25, 0.3) is 10.6 Å². The van der Waals surface area contributed by atoms with Crippen molar-refractivity contribution in [1.29, 1.82) is 0 Å². The highest BCUT2D eigenvalue weighted by atomic mass is 32.1. The van der Waals surface area contributed by atoms with Crippen LogP contribution in [0.1, 0.15) is 26.3 Å². The first-order valence-corrected chi connectivity index (χ1v) is 11.0. The second-order valence-corrected chi connectivity index (χ2v) is 8.31. The zero-order valence-corrected chi connectivity index (χ0v) is 18.2. The lowest BCUT2D eigenvalue weighted by Crippen LogP contribution is -2.12. The minimum atomic E-state index is 0.456. The predicted octanol–water partition coefficient (Wildman–Crippen LogP) is 5.12. The molecule has 0 saturated heterocycles. The van der Waals surface area contributed by atoms with Gasteiger partial charge in [-0.1, -0.05) is 19.9 Å². The van der Waals surface area contributed by atoms with Crippen molar-refractivity contribution in [3.63, 3.8) is 0 Å². The average molecular weight is 416 g/mol. The minimum absolute atomic E-state index is 0.456. The van der Waals surface area contributed by atoms with Gasteiger partial charge >= 0.3 is 0 Å². The summed E-state index contributed by atoms with van der Waals surface area (Å²) in [5, 5.41) is 8.88. The SMILES string of the molecule is CCN=c1scc(-c2cccs2)n1N=Cc1ccc(OCC(C)C)c(OC)c1. The monoisotopic (exact) mass is 415 g/mol. The summed E-state index contributed by atoms with van der Waals surface area (Å²) in [6.45, 7) is 7.64. The molecular weight excluding hydrogens is 390 g/mol. The maximum atomic E-state index is 5.83. The third-order valence-corrected chi connectivity index (χ3v) is 5.58. The molecule has 3 aromatic rings. The van der Waals surface area contributed by atoms with Gasteiger partial charge in [0.25, 0.3) is 0 Å². The van der Waals surface area contributed by atoms with Gasteiger partial charge in [0.1, 0.15) is 0 Å². The molecule has 2 heterocycles. The highest BCUT2D eigenvalue weighted by molar-refractivity contribution is 7.14. The molecule has 148 valence electrons. The molecule has 0 fully saturated rings. The summed E-state index contributed by atoms with van der Waals surface area (Å²) in [6, 6.07) is 9.99. The van der Waals surface area contributed by atoms with E-state index in [1.807, 2.05) is 42.1 Å². The molecule has 0 aliphatic rings. The fourth-order valence-electron chi connectivity index (χ4n) is 2.51. The lowest BCUT2D eigenvalue weighted by Gasteiger charge is -2.12. The smallest absolute Gasteiger partial charge is 0.206 e. The summed E-state index contributed by atoms with van der Waals surface area (Å²) < 4.78 is 13.2. The van der Waals surface area contributed by atoms with Gasteiger partial charge in [0.2, 0.25) is 4.80 Å². The summed E-state index contributed by atoms with van der Waals surface area (Å²) in [5.41, 5.74) is 1.99.